The number of piperidine rings is 2. The maximum atomic E-state index is 12.7. The van der Waals surface area contributed by atoms with Crippen LogP contribution in [0.15, 0.2) is 136 Å². The van der Waals surface area contributed by atoms with Crippen molar-refractivity contribution in [3.05, 3.63) is 163 Å². The van der Waals surface area contributed by atoms with Crippen LogP contribution in [0.4, 0.5) is 28.4 Å². The maximum Gasteiger partial charge on any atom is 0.272 e. The highest BCUT2D eigenvalue weighted by Crippen LogP contribution is 2.44. The molecule has 5 fully saturated rings. The number of carbonyl (C=O) groups is 1. The molecule has 0 aromatic carbocycles. The molecule has 0 unspecified atom stereocenters. The largest absolute Gasteiger partial charge is 0.397 e. The number of aryl methyl sites for hydroxylation is 2. The van der Waals surface area contributed by atoms with E-state index in [1.165, 1.54) is 75.0 Å². The zero-order valence-electron chi connectivity index (χ0n) is 49.4. The number of nitrogen functional groups attached to an aromatic ring is 5. The number of likely N-dealkylation sites (tertiary alicyclic amines) is 3. The van der Waals surface area contributed by atoms with Crippen molar-refractivity contribution in [2.75, 3.05) is 94.9 Å². The molecule has 1 saturated carbocycles. The number of methoxy groups -OCH3 is 1. The molecule has 1 amide bonds. The molecule has 5 aliphatic rings. The minimum atomic E-state index is 0. The van der Waals surface area contributed by atoms with E-state index in [-0.39, 0.29) is 13.3 Å². The molecule has 454 valence electrons. The van der Waals surface area contributed by atoms with Gasteiger partial charge in [-0.1, -0.05) is 33.4 Å². The van der Waals surface area contributed by atoms with Gasteiger partial charge in [0.15, 0.2) is 0 Å². The van der Waals surface area contributed by atoms with E-state index in [0.717, 1.165) is 115 Å². The summed E-state index contributed by atoms with van der Waals surface area (Å²) in [6.07, 6.45) is 36.8. The Morgan fingerprint density at radius 1 is 0.570 bits per heavy atom. The van der Waals surface area contributed by atoms with Crippen LogP contribution in [0.3, 0.4) is 0 Å². The summed E-state index contributed by atoms with van der Waals surface area (Å²) in [5.41, 5.74) is 44.8. The molecular weight excluding hydrogens is 1080 g/mol. The number of amides is 1. The highest BCUT2D eigenvalue weighted by Gasteiger charge is 2.32. The second-order valence-corrected chi connectivity index (χ2v) is 22.0. The van der Waals surface area contributed by atoms with Crippen molar-refractivity contribution >= 4 is 34.3 Å². The molecule has 0 bridgehead atoms. The third kappa shape index (κ3) is 16.5. The fourth-order valence-corrected chi connectivity index (χ4v) is 11.3. The normalized spacial score (nSPS) is 16.2. The lowest BCUT2D eigenvalue weighted by Gasteiger charge is -2.42. The number of ether oxygens (including phenoxy) is 2. The number of hydrogen-bond acceptors (Lipinski definition) is 18. The highest BCUT2D eigenvalue weighted by molar-refractivity contribution is 5.93. The van der Waals surface area contributed by atoms with Gasteiger partial charge < -0.3 is 52.5 Å². The van der Waals surface area contributed by atoms with E-state index < -0.39 is 0 Å². The van der Waals surface area contributed by atoms with Crippen molar-refractivity contribution in [1.29, 1.82) is 0 Å². The first kappa shape index (κ1) is 63.6. The molecule has 20 nitrogen and oxygen atoms in total. The lowest BCUT2D eigenvalue weighted by atomic mass is 9.88. The Balaban J connectivity index is 0.000000142. The fourth-order valence-electron chi connectivity index (χ4n) is 11.3. The van der Waals surface area contributed by atoms with Crippen molar-refractivity contribution in [2.45, 2.75) is 110 Å². The van der Waals surface area contributed by atoms with Gasteiger partial charge in [0.05, 0.1) is 104 Å². The summed E-state index contributed by atoms with van der Waals surface area (Å²) in [6.45, 7) is 13.9. The number of aromatic nitrogens is 9. The summed E-state index contributed by atoms with van der Waals surface area (Å²) in [7, 11) is 1.68. The predicted molar refractivity (Wildman–Crippen MR) is 344 cm³/mol. The Morgan fingerprint density at radius 2 is 1.20 bits per heavy atom. The Hall–Kier alpha value is -8.43. The van der Waals surface area contributed by atoms with Crippen LogP contribution in [0.5, 0.6) is 0 Å². The van der Waals surface area contributed by atoms with E-state index in [1.54, 1.807) is 81.5 Å². The molecule has 13 rings (SSSR count). The number of carbonyl (C=O) groups excluding carboxylic acids is 1. The molecule has 4 saturated heterocycles. The van der Waals surface area contributed by atoms with Gasteiger partial charge in [-0.15, -0.1) is 0 Å². The van der Waals surface area contributed by atoms with Crippen LogP contribution in [0, 0.1) is 0 Å². The van der Waals surface area contributed by atoms with Gasteiger partial charge in [0.2, 0.25) is 0 Å². The van der Waals surface area contributed by atoms with Gasteiger partial charge >= 0.3 is 0 Å². The molecule has 4 aliphatic heterocycles. The standard InChI is InChI=1S/C19H23N5O.C13H19N3O.C12H13N3.C11H14N4O.C10H14N2.CH4/c20-17-13-21-7-4-16(17)14-2-3-18(22-12-14)19(25)24-10-5-15(6-11-24)23-8-1-9-23;14-13-7-15-4-1-12(13)10-2-5-16(6-3-10)11-8-17-9-11;1-2-9-6-15-8-11(13)12(9)10-4-3-5-14-7-10;1-16-5-4-15-8-14-7-11(15)9-2-3-13-6-10(9)12;1-2-7-5-12-6-9(11)10(7)8-3-4-8;/h2-4,7,12-13,15H,1,5-6,8-11,20H2;1,4,7,10-11H,2-3,5-6,8-9,14H2;3-8H,2,13H2,1H3;2-3,6-8H,4-5,12H2,1H3;5-6,8H,2-4,11H2,1H3;1H4. The number of rotatable bonds is 13. The molecule has 1 aliphatic carbocycles. The van der Waals surface area contributed by atoms with E-state index in [1.807, 2.05) is 64.6 Å². The zero-order valence-corrected chi connectivity index (χ0v) is 49.4. The van der Waals surface area contributed by atoms with Gasteiger partial charge in [-0.3, -0.25) is 44.6 Å². The molecule has 8 aromatic rings. The summed E-state index contributed by atoms with van der Waals surface area (Å²) in [6, 6.07) is 14.8. The molecule has 86 heavy (non-hydrogen) atoms. The molecule has 0 radical (unpaired) electrons. The van der Waals surface area contributed by atoms with Crippen LogP contribution < -0.4 is 28.7 Å². The van der Waals surface area contributed by atoms with Crippen molar-refractivity contribution in [3.63, 3.8) is 0 Å². The topological polar surface area (TPSA) is 283 Å². The maximum absolute atomic E-state index is 12.7. The lowest BCUT2D eigenvalue weighted by Crippen LogP contribution is -2.51. The molecule has 0 spiro atoms. The third-order valence-corrected chi connectivity index (χ3v) is 16.5. The SMILES string of the molecule is C.CCc1cncc(N)c1-c1cccnc1.CCc1cncc(N)c1C1CC1.COCCn1cncc1-c1ccncc1N.Nc1cnccc1-c1ccc(C(=O)N2CCC(N3CCC3)CC2)nc1.Nc1cnccc1C1CCN(C2COC2)CC1. The molecule has 0 atom stereocenters. The monoisotopic (exact) mass is 1170 g/mol. The number of anilines is 5. The second-order valence-electron chi connectivity index (χ2n) is 22.0. The number of pyridine rings is 7. The van der Waals surface area contributed by atoms with Crippen molar-refractivity contribution in [2.24, 2.45) is 0 Å². The first-order chi connectivity index (χ1) is 41.5. The summed E-state index contributed by atoms with van der Waals surface area (Å²) in [5, 5.41) is 0. The fraction of sp³-hybridized carbons (Fsp3) is 0.409. The number of hydrogen-bond donors (Lipinski definition) is 5. The average molecular weight is 1170 g/mol. The number of nitrogens with two attached hydrogens (primary N) is 5. The van der Waals surface area contributed by atoms with Crippen LogP contribution in [0.2, 0.25) is 0 Å². The average Bonchev–Trinajstić information content (AvgIpc) is 3.00. The summed E-state index contributed by atoms with van der Waals surface area (Å²) in [4.78, 5) is 52.5. The molecule has 8 aromatic heterocycles. The first-order valence-electron chi connectivity index (χ1n) is 29.8. The number of imidazole rings is 1. The Morgan fingerprint density at radius 3 is 1.77 bits per heavy atom. The second kappa shape index (κ2) is 31.6. The van der Waals surface area contributed by atoms with Gasteiger partial charge in [0, 0.05) is 110 Å². The van der Waals surface area contributed by atoms with E-state index in [2.05, 4.69) is 69.6 Å². The molecular formula is C66H87N17O3. The van der Waals surface area contributed by atoms with Gasteiger partial charge in [-0.05, 0) is 148 Å². The zero-order chi connectivity index (χ0) is 59.5. The van der Waals surface area contributed by atoms with Crippen molar-refractivity contribution in [3.8, 4) is 33.5 Å². The number of nitrogens with zero attached hydrogens (tertiary/aromatic N) is 12. The highest BCUT2D eigenvalue weighted by atomic mass is 16.5. The predicted octanol–water partition coefficient (Wildman–Crippen LogP) is 9.48. The Bertz CT molecular complexity index is 3360. The van der Waals surface area contributed by atoms with E-state index in [0.29, 0.717) is 47.4 Å². The van der Waals surface area contributed by atoms with Crippen LogP contribution in [0.1, 0.15) is 111 Å². The first-order valence-corrected chi connectivity index (χ1v) is 29.8. The Labute approximate surface area is 507 Å². The molecule has 12 heterocycles. The third-order valence-electron chi connectivity index (χ3n) is 16.5. The minimum Gasteiger partial charge on any atom is -0.397 e. The quantitative estimate of drug-likeness (QED) is 0.0718. The van der Waals surface area contributed by atoms with Crippen LogP contribution in [-0.4, -0.2) is 143 Å². The summed E-state index contributed by atoms with van der Waals surface area (Å²) in [5.74, 6) is 1.37. The van der Waals surface area contributed by atoms with Gasteiger partial charge in [-0.25, -0.2) is 4.98 Å². The minimum absolute atomic E-state index is 0. The van der Waals surface area contributed by atoms with E-state index in [9.17, 15) is 4.79 Å². The van der Waals surface area contributed by atoms with E-state index >= 15 is 0 Å². The van der Waals surface area contributed by atoms with Crippen LogP contribution in [-0.2, 0) is 28.9 Å². The van der Waals surface area contributed by atoms with Gasteiger partial charge in [-0.2, -0.15) is 0 Å². The van der Waals surface area contributed by atoms with Crippen molar-refractivity contribution in [1.82, 2.24) is 59.1 Å². The van der Waals surface area contributed by atoms with Crippen LogP contribution in [0.25, 0.3) is 33.5 Å². The Kier molecular flexibility index (Phi) is 23.4. The smallest absolute Gasteiger partial charge is 0.272 e. The van der Waals surface area contributed by atoms with Gasteiger partial charge in [0.25, 0.3) is 5.91 Å². The lowest BCUT2D eigenvalue weighted by molar-refractivity contribution is -0.0712. The van der Waals surface area contributed by atoms with Gasteiger partial charge in [0.1, 0.15) is 5.69 Å². The molecule has 10 N–H and O–H groups in total. The summed E-state index contributed by atoms with van der Waals surface area (Å²) >= 11 is 0. The van der Waals surface area contributed by atoms with Crippen LogP contribution >= 0.6 is 0 Å². The van der Waals surface area contributed by atoms with E-state index in [4.69, 9.17) is 38.1 Å². The summed E-state index contributed by atoms with van der Waals surface area (Å²) < 4.78 is 12.3. The van der Waals surface area contributed by atoms with Crippen molar-refractivity contribution < 1.29 is 14.3 Å². The molecule has 20 heteroatoms.